The zero-order valence-corrected chi connectivity index (χ0v) is 16.2. The number of benzene rings is 1. The molecule has 7 heteroatoms. The van der Waals surface area contributed by atoms with E-state index in [1.807, 2.05) is 47.0 Å². The zero-order chi connectivity index (χ0) is 18.4. The quantitative estimate of drug-likeness (QED) is 0.694. The predicted octanol–water partition coefficient (Wildman–Crippen LogP) is 3.09. The molecule has 1 atom stereocenters. The molecule has 0 radical (unpaired) electrons. The summed E-state index contributed by atoms with van der Waals surface area (Å²) in [7, 11) is 0. The molecule has 1 aliphatic rings. The molecule has 1 fully saturated rings. The fourth-order valence-corrected chi connectivity index (χ4v) is 3.69. The van der Waals surface area contributed by atoms with Crippen LogP contribution in [-0.2, 0) is 4.79 Å². The highest BCUT2D eigenvalue weighted by Crippen LogP contribution is 2.23. The molecule has 1 aromatic heterocycles. The van der Waals surface area contributed by atoms with E-state index < -0.39 is 0 Å². The summed E-state index contributed by atoms with van der Waals surface area (Å²) in [6.45, 7) is 7.39. The normalized spacial score (nSPS) is 16.6. The van der Waals surface area contributed by atoms with Crippen molar-refractivity contribution in [2.75, 3.05) is 37.7 Å². The molecule has 1 aliphatic heterocycles. The van der Waals surface area contributed by atoms with Gasteiger partial charge < -0.3 is 9.42 Å². The average Bonchev–Trinajstić information content (AvgIpc) is 3.18. The first-order valence-corrected chi connectivity index (χ1v) is 10.3. The molecular weight excluding hydrogens is 348 g/mol. The van der Waals surface area contributed by atoms with Crippen LogP contribution in [-0.4, -0.2) is 63.5 Å². The number of hydrogen-bond acceptors (Lipinski definition) is 6. The van der Waals surface area contributed by atoms with Gasteiger partial charge in [-0.25, -0.2) is 0 Å². The molecule has 1 saturated heterocycles. The Morgan fingerprint density at radius 2 is 1.96 bits per heavy atom. The second kappa shape index (κ2) is 9.19. The van der Waals surface area contributed by atoms with Gasteiger partial charge in [-0.15, -0.1) is 0 Å². The summed E-state index contributed by atoms with van der Waals surface area (Å²) in [6, 6.07) is 9.89. The van der Waals surface area contributed by atoms with E-state index in [0.717, 1.165) is 43.2 Å². The molecule has 0 aliphatic carbocycles. The van der Waals surface area contributed by atoms with Crippen molar-refractivity contribution in [3.8, 4) is 11.4 Å². The minimum absolute atomic E-state index is 0.0489. The van der Waals surface area contributed by atoms with Crippen LogP contribution >= 0.6 is 11.8 Å². The average molecular weight is 375 g/mol. The molecule has 0 bridgehead atoms. The number of thioether (sulfide) groups is 1. The Hall–Kier alpha value is -1.86. The minimum atomic E-state index is 0.0489. The molecule has 0 saturated carbocycles. The minimum Gasteiger partial charge on any atom is -0.340 e. The maximum Gasteiger partial charge on any atom is 0.244 e. The standard InChI is InChI=1S/C19H26N4O2S/c1-3-26-14-9-17(24)23-12-10-22(11-13-23)15(2)19-20-18(21-25-19)16-7-5-4-6-8-16/h4-8,15H,3,9-14H2,1-2H3. The summed E-state index contributed by atoms with van der Waals surface area (Å²) in [5, 5.41) is 4.11. The van der Waals surface area contributed by atoms with Gasteiger partial charge in [0.25, 0.3) is 0 Å². The first-order valence-electron chi connectivity index (χ1n) is 9.17. The van der Waals surface area contributed by atoms with Gasteiger partial charge in [-0.05, 0) is 12.7 Å². The number of nitrogens with zero attached hydrogens (tertiary/aromatic N) is 4. The van der Waals surface area contributed by atoms with E-state index in [1.54, 1.807) is 0 Å². The van der Waals surface area contributed by atoms with Crippen molar-refractivity contribution < 1.29 is 9.32 Å². The van der Waals surface area contributed by atoms with Gasteiger partial charge in [0.1, 0.15) is 0 Å². The molecule has 140 valence electrons. The molecule has 6 nitrogen and oxygen atoms in total. The van der Waals surface area contributed by atoms with Gasteiger partial charge in [-0.3, -0.25) is 9.69 Å². The molecule has 1 amide bonds. The highest BCUT2D eigenvalue weighted by atomic mass is 32.2. The fourth-order valence-electron chi connectivity index (χ4n) is 3.09. The Kier molecular flexibility index (Phi) is 6.68. The van der Waals surface area contributed by atoms with E-state index in [4.69, 9.17) is 4.52 Å². The Balaban J connectivity index is 1.53. The van der Waals surface area contributed by atoms with E-state index in [1.165, 1.54) is 0 Å². The van der Waals surface area contributed by atoms with Crippen LogP contribution in [0, 0.1) is 0 Å². The Morgan fingerprint density at radius 3 is 2.65 bits per heavy atom. The summed E-state index contributed by atoms with van der Waals surface area (Å²) in [5.41, 5.74) is 0.954. The van der Waals surface area contributed by atoms with Gasteiger partial charge in [0, 0.05) is 43.9 Å². The van der Waals surface area contributed by atoms with Crippen LogP contribution in [0.15, 0.2) is 34.9 Å². The summed E-state index contributed by atoms with van der Waals surface area (Å²) in [6.07, 6.45) is 0.637. The van der Waals surface area contributed by atoms with Crippen molar-refractivity contribution in [3.63, 3.8) is 0 Å². The van der Waals surface area contributed by atoms with Crippen molar-refractivity contribution in [2.45, 2.75) is 26.3 Å². The third-order valence-electron chi connectivity index (χ3n) is 4.71. The summed E-state index contributed by atoms with van der Waals surface area (Å²) >= 11 is 1.82. The number of amides is 1. The van der Waals surface area contributed by atoms with E-state index >= 15 is 0 Å². The van der Waals surface area contributed by atoms with Crippen molar-refractivity contribution >= 4 is 17.7 Å². The third kappa shape index (κ3) is 4.65. The molecular formula is C19H26N4O2S. The maximum absolute atomic E-state index is 12.2. The van der Waals surface area contributed by atoms with Crippen LogP contribution in [0.25, 0.3) is 11.4 Å². The maximum atomic E-state index is 12.2. The third-order valence-corrected chi connectivity index (χ3v) is 5.61. The SMILES string of the molecule is CCSCCC(=O)N1CCN(C(C)c2nc(-c3ccccc3)no2)CC1. The van der Waals surface area contributed by atoms with Crippen LogP contribution in [0.3, 0.4) is 0 Å². The van der Waals surface area contributed by atoms with Crippen LogP contribution < -0.4 is 0 Å². The van der Waals surface area contributed by atoms with Crippen LogP contribution in [0.4, 0.5) is 0 Å². The van der Waals surface area contributed by atoms with Gasteiger partial charge in [0.05, 0.1) is 6.04 Å². The molecule has 26 heavy (non-hydrogen) atoms. The summed E-state index contributed by atoms with van der Waals surface area (Å²) < 4.78 is 5.49. The Labute approximate surface area is 158 Å². The van der Waals surface area contributed by atoms with Gasteiger partial charge in [-0.2, -0.15) is 16.7 Å². The predicted molar refractivity (Wildman–Crippen MR) is 104 cm³/mol. The lowest BCUT2D eigenvalue weighted by atomic mass is 10.2. The largest absolute Gasteiger partial charge is 0.340 e. The highest BCUT2D eigenvalue weighted by Gasteiger charge is 2.27. The number of carbonyl (C=O) groups excluding carboxylic acids is 1. The lowest BCUT2D eigenvalue weighted by Crippen LogP contribution is -2.49. The molecule has 0 spiro atoms. The van der Waals surface area contributed by atoms with E-state index in [9.17, 15) is 4.79 Å². The van der Waals surface area contributed by atoms with E-state index in [0.29, 0.717) is 18.1 Å². The number of hydrogen-bond donors (Lipinski definition) is 0. The molecule has 1 unspecified atom stereocenters. The second-order valence-electron chi connectivity index (χ2n) is 6.36. The van der Waals surface area contributed by atoms with Crippen molar-refractivity contribution in [3.05, 3.63) is 36.2 Å². The van der Waals surface area contributed by atoms with E-state index in [-0.39, 0.29) is 11.9 Å². The topological polar surface area (TPSA) is 62.5 Å². The van der Waals surface area contributed by atoms with E-state index in [2.05, 4.69) is 28.9 Å². The van der Waals surface area contributed by atoms with Crippen molar-refractivity contribution in [1.29, 1.82) is 0 Å². The van der Waals surface area contributed by atoms with Gasteiger partial charge in [0.2, 0.25) is 17.6 Å². The van der Waals surface area contributed by atoms with Gasteiger partial charge in [-0.1, -0.05) is 42.4 Å². The smallest absolute Gasteiger partial charge is 0.244 e. The van der Waals surface area contributed by atoms with Crippen LogP contribution in [0.5, 0.6) is 0 Å². The van der Waals surface area contributed by atoms with Crippen molar-refractivity contribution in [1.82, 2.24) is 19.9 Å². The first-order chi connectivity index (χ1) is 12.7. The first kappa shape index (κ1) is 18.9. The zero-order valence-electron chi connectivity index (χ0n) is 15.4. The second-order valence-corrected chi connectivity index (χ2v) is 7.76. The molecule has 3 rings (SSSR count). The summed E-state index contributed by atoms with van der Waals surface area (Å²) in [5.74, 6) is 3.49. The summed E-state index contributed by atoms with van der Waals surface area (Å²) in [4.78, 5) is 21.1. The molecule has 2 aromatic rings. The van der Waals surface area contributed by atoms with Crippen LogP contribution in [0.2, 0.25) is 0 Å². The van der Waals surface area contributed by atoms with Gasteiger partial charge in [0.15, 0.2) is 0 Å². The highest BCUT2D eigenvalue weighted by molar-refractivity contribution is 7.99. The van der Waals surface area contributed by atoms with Crippen molar-refractivity contribution in [2.24, 2.45) is 0 Å². The molecule has 0 N–H and O–H groups in total. The Bertz CT molecular complexity index is 699. The number of rotatable bonds is 7. The lowest BCUT2D eigenvalue weighted by molar-refractivity contribution is -0.132. The lowest BCUT2D eigenvalue weighted by Gasteiger charge is -2.36. The van der Waals surface area contributed by atoms with Crippen LogP contribution in [0.1, 0.15) is 32.2 Å². The number of aromatic nitrogens is 2. The monoisotopic (exact) mass is 374 g/mol. The molecule has 2 heterocycles. The fraction of sp³-hybridized carbons (Fsp3) is 0.526. The number of piperazine rings is 1. The molecule has 1 aromatic carbocycles. The Morgan fingerprint density at radius 1 is 1.23 bits per heavy atom. The van der Waals surface area contributed by atoms with Gasteiger partial charge >= 0.3 is 0 Å². The number of carbonyl (C=O) groups is 1.